The molecule has 0 aromatic carbocycles. The summed E-state index contributed by atoms with van der Waals surface area (Å²) in [6.07, 6.45) is -5.77. The number of aromatic nitrogens is 2. The molecule has 0 radical (unpaired) electrons. The maximum absolute atomic E-state index is 11.9. The topological polar surface area (TPSA) is 282 Å². The van der Waals surface area contributed by atoms with Gasteiger partial charge in [0.1, 0.15) is 24.1 Å². The van der Waals surface area contributed by atoms with Gasteiger partial charge >= 0.3 is 81.1 Å². The molecule has 0 aliphatic carbocycles. The van der Waals surface area contributed by atoms with Gasteiger partial charge in [-0.2, -0.15) is 4.98 Å². The second kappa shape index (κ2) is 15.4. The van der Waals surface area contributed by atoms with Gasteiger partial charge in [-0.25, -0.2) is 9.11 Å². The summed E-state index contributed by atoms with van der Waals surface area (Å²) < 4.78 is 49.4. The molecule has 34 heavy (non-hydrogen) atoms. The molecule has 6 atom stereocenters. The average molecular weight is 586 g/mol. The fraction of sp³-hybridized carbons (Fsp3) is 0.556. The van der Waals surface area contributed by atoms with E-state index in [2.05, 4.69) is 34.1 Å². The Morgan fingerprint density at radius 2 is 1.59 bits per heavy atom. The monoisotopic (exact) mass is 585 g/mol. The van der Waals surface area contributed by atoms with E-state index in [9.17, 15) is 48.3 Å². The van der Waals surface area contributed by atoms with E-state index >= 15 is 0 Å². The predicted molar refractivity (Wildman–Crippen MR) is 87.5 cm³/mol. The normalized spacial score (nSPS) is 25.4. The molecule has 17 nitrogen and oxygen atoms in total. The molecule has 6 unspecified atom stereocenters. The summed E-state index contributed by atoms with van der Waals surface area (Å²) in [6, 6.07) is 0. The Kier molecular flexibility index (Phi) is 18.3. The van der Waals surface area contributed by atoms with E-state index in [0.29, 0.717) is 0 Å². The summed E-state index contributed by atoms with van der Waals surface area (Å²) >= 11 is 2.98. The predicted octanol–water partition coefficient (Wildman–Crippen LogP) is -16.0. The third-order valence-corrected chi connectivity index (χ3v) is 7.62. The van der Waals surface area contributed by atoms with Crippen molar-refractivity contribution in [3.63, 3.8) is 0 Å². The number of ether oxygens (including phenoxy) is 1. The van der Waals surface area contributed by atoms with Crippen molar-refractivity contribution in [3.8, 4) is 0 Å². The van der Waals surface area contributed by atoms with Crippen LogP contribution in [0.15, 0.2) is 15.5 Å². The van der Waals surface area contributed by atoms with Crippen molar-refractivity contribution in [2.45, 2.75) is 24.5 Å². The minimum atomic E-state index is -6.16. The number of nitrogens with zero attached hydrogens (tertiary/aromatic N) is 2. The molecule has 1 aliphatic rings. The van der Waals surface area contributed by atoms with Crippen LogP contribution >= 0.6 is 39.4 Å². The zero-order chi connectivity index (χ0) is 23.1. The minimum Gasteiger partial charge on any atom is -0.790 e. The van der Waals surface area contributed by atoms with E-state index in [1.165, 1.54) is 0 Å². The van der Waals surface area contributed by atoms with E-state index in [4.69, 9.17) is 10.5 Å². The molecule has 0 amide bonds. The largest absolute Gasteiger partial charge is 1.00 e. The summed E-state index contributed by atoms with van der Waals surface area (Å²) in [4.78, 5) is 58.5. The first-order valence-corrected chi connectivity index (χ1v) is 12.5. The molecule has 1 fully saturated rings. The van der Waals surface area contributed by atoms with Gasteiger partial charge in [0.05, 0.1) is 18.9 Å². The van der Waals surface area contributed by atoms with E-state index in [1.807, 2.05) is 0 Å². The first-order valence-electron chi connectivity index (χ1n) is 7.28. The number of anilines is 1. The minimum absolute atomic E-state index is 0. The Bertz CT molecular complexity index is 1010. The van der Waals surface area contributed by atoms with Crippen LogP contribution in [0.4, 0.5) is 5.82 Å². The van der Waals surface area contributed by atoms with Gasteiger partial charge in [-0.15, -0.1) is 0 Å². The maximum atomic E-state index is 11.9. The zero-order valence-corrected chi connectivity index (χ0v) is 22.3. The molecule has 172 valence electrons. The summed E-state index contributed by atoms with van der Waals surface area (Å²) in [5, 5.41) is 20.0. The van der Waals surface area contributed by atoms with Crippen LogP contribution in [0, 0.1) is 0 Å². The Hall–Kier alpha value is 1.84. The smallest absolute Gasteiger partial charge is 0.790 e. The molecule has 0 bridgehead atoms. The number of hydrogen-bond donors (Lipinski definition) is 3. The standard InChI is InChI=1S/C9H15BrN3O14P3.4Li/c10-3-1-13(9(16)12-7(3)11)8-6(15)5(14)4(25-8)2-24-29(20,21)27-30(22,23)26-28(17,18)19;;;;/h1,4-6,8,14-15H,2H2,(H,20,21)(H,22,23)(H2,11,12,16)(H2,17,18,19);;;;/q;4*+1/p-4. The molecule has 25 heteroatoms. The second-order valence-electron chi connectivity index (χ2n) is 5.51. The number of hydrogen-bond acceptors (Lipinski definition) is 16. The summed E-state index contributed by atoms with van der Waals surface area (Å²) in [5.41, 5.74) is 4.43. The number of rotatable bonds is 8. The Morgan fingerprint density at radius 3 is 2.09 bits per heavy atom. The SMILES string of the molecule is Nc1nc(=O)n(C2OC(COP(=O)([O-])OP(=O)([O-])OP(=O)([O-])[O-])C(O)C2O)cc1Br.[Li+].[Li+].[Li+].[Li+]. The number of phosphoric acid groups is 3. The van der Waals surface area contributed by atoms with E-state index in [-0.39, 0.29) is 85.7 Å². The summed E-state index contributed by atoms with van der Waals surface area (Å²) in [7, 11) is -18.2. The van der Waals surface area contributed by atoms with Crippen molar-refractivity contribution in [1.29, 1.82) is 0 Å². The molecule has 1 saturated heterocycles. The zero-order valence-electron chi connectivity index (χ0n) is 18.1. The quantitative estimate of drug-likeness (QED) is 0.188. The first kappa shape index (κ1) is 40.3. The van der Waals surface area contributed by atoms with Gasteiger partial charge in [-0.1, -0.05) is 0 Å². The van der Waals surface area contributed by atoms with Crippen LogP contribution in [0.5, 0.6) is 0 Å². The van der Waals surface area contributed by atoms with Crippen molar-refractivity contribution in [2.75, 3.05) is 12.3 Å². The van der Waals surface area contributed by atoms with Crippen molar-refractivity contribution in [1.82, 2.24) is 9.55 Å². The van der Waals surface area contributed by atoms with Crippen molar-refractivity contribution in [2.24, 2.45) is 0 Å². The van der Waals surface area contributed by atoms with E-state index in [0.717, 1.165) is 10.8 Å². The van der Waals surface area contributed by atoms with Crippen molar-refractivity contribution < 1.29 is 137 Å². The maximum Gasteiger partial charge on any atom is 1.00 e. The van der Waals surface area contributed by atoms with Crippen molar-refractivity contribution in [3.05, 3.63) is 21.2 Å². The average Bonchev–Trinajstić information content (AvgIpc) is 2.81. The second-order valence-corrected chi connectivity index (χ2v) is 10.6. The van der Waals surface area contributed by atoms with Gasteiger partial charge in [-0.05, 0) is 15.9 Å². The Balaban J connectivity index is -0.00000240. The van der Waals surface area contributed by atoms with Gasteiger partial charge in [0.25, 0.3) is 15.6 Å². The fourth-order valence-corrected chi connectivity index (χ4v) is 5.36. The molecule has 0 saturated carbocycles. The Morgan fingerprint density at radius 1 is 1.06 bits per heavy atom. The third-order valence-electron chi connectivity index (χ3n) is 3.34. The first-order chi connectivity index (χ1) is 13.5. The summed E-state index contributed by atoms with van der Waals surface area (Å²) in [5.74, 6) is -0.182. The fourth-order valence-electron chi connectivity index (χ4n) is 2.18. The van der Waals surface area contributed by atoms with Crippen LogP contribution in [0.3, 0.4) is 0 Å². The summed E-state index contributed by atoms with van der Waals surface area (Å²) in [6.45, 7) is -1.15. The van der Waals surface area contributed by atoms with Crippen LogP contribution in [0.25, 0.3) is 0 Å². The molecule has 2 rings (SSSR count). The van der Waals surface area contributed by atoms with Gasteiger partial charge < -0.3 is 49.3 Å². The molecular weight excluding hydrogens is 575 g/mol. The number of phosphoric ester groups is 1. The van der Waals surface area contributed by atoms with E-state index < -0.39 is 60.3 Å². The molecule has 4 N–H and O–H groups in total. The van der Waals surface area contributed by atoms with Gasteiger partial charge in [-0.3, -0.25) is 18.0 Å². The number of nitrogen functional groups attached to an aromatic ring is 1. The Labute approximate surface area is 247 Å². The van der Waals surface area contributed by atoms with Crippen LogP contribution in [-0.4, -0.2) is 44.7 Å². The molecule has 0 spiro atoms. The number of aliphatic hydroxyl groups excluding tert-OH is 2. The molecule has 1 aliphatic heterocycles. The van der Waals surface area contributed by atoms with Crippen LogP contribution in [0.2, 0.25) is 0 Å². The van der Waals surface area contributed by atoms with Gasteiger partial charge in [0.2, 0.25) is 0 Å². The molecule has 1 aromatic rings. The number of nitrogens with two attached hydrogens (primary N) is 1. The molecule has 1 aromatic heterocycles. The number of halogens is 1. The third kappa shape index (κ3) is 11.7. The van der Waals surface area contributed by atoms with E-state index in [1.54, 1.807) is 0 Å². The van der Waals surface area contributed by atoms with Crippen LogP contribution < -0.4 is 106 Å². The van der Waals surface area contributed by atoms with Gasteiger partial charge in [0, 0.05) is 6.20 Å². The van der Waals surface area contributed by atoms with Crippen LogP contribution in [0.1, 0.15) is 6.23 Å². The van der Waals surface area contributed by atoms with Crippen LogP contribution in [-0.2, 0) is 31.6 Å². The molecular formula is C9H11BrLi4N3O14P3. The molecule has 2 heterocycles. The van der Waals surface area contributed by atoms with Crippen molar-refractivity contribution >= 4 is 45.2 Å². The number of aliphatic hydroxyl groups is 2. The van der Waals surface area contributed by atoms with Gasteiger partial charge in [0.15, 0.2) is 6.23 Å².